The predicted octanol–water partition coefficient (Wildman–Crippen LogP) is 0.934. The van der Waals surface area contributed by atoms with Gasteiger partial charge in [0.25, 0.3) is 0 Å². The normalized spacial score (nSPS) is 17.3. The van der Waals surface area contributed by atoms with Crippen molar-refractivity contribution in [1.82, 2.24) is 9.88 Å². The van der Waals surface area contributed by atoms with Crippen molar-refractivity contribution in [3.05, 3.63) is 11.1 Å². The molecule has 1 aromatic heterocycles. The Morgan fingerprint density at radius 2 is 2.38 bits per heavy atom. The Kier molecular flexibility index (Phi) is 3.87. The van der Waals surface area contributed by atoms with Gasteiger partial charge in [-0.1, -0.05) is 0 Å². The topological polar surface area (TPSA) is 54.5 Å². The lowest BCUT2D eigenvalue weighted by atomic mass is 10.4. The van der Waals surface area contributed by atoms with Gasteiger partial charge in [0.15, 0.2) is 5.13 Å². The molecule has 1 aliphatic heterocycles. The van der Waals surface area contributed by atoms with Crippen molar-refractivity contribution in [1.29, 1.82) is 0 Å². The fraction of sp³-hybridized carbons (Fsp3) is 0.600. The van der Waals surface area contributed by atoms with Gasteiger partial charge in [0.1, 0.15) is 0 Å². The number of nitrogens with zero attached hydrogens (tertiary/aromatic N) is 2. The minimum atomic E-state index is -0.0766. The van der Waals surface area contributed by atoms with Crippen LogP contribution in [0.2, 0.25) is 0 Å². The molecular weight excluding hydrogens is 226 g/mol. The summed E-state index contributed by atoms with van der Waals surface area (Å²) in [6.07, 6.45) is 1.82. The number of hydrogen-bond acceptors (Lipinski definition) is 5. The first kappa shape index (κ1) is 11.5. The molecule has 16 heavy (non-hydrogen) atoms. The minimum absolute atomic E-state index is 0.0766. The highest BCUT2D eigenvalue weighted by Crippen LogP contribution is 2.19. The van der Waals surface area contributed by atoms with Gasteiger partial charge in [0.2, 0.25) is 5.91 Å². The SMILES string of the molecule is CC(=O)Nc1ncc(CN2CCOCC2)s1. The predicted molar refractivity (Wildman–Crippen MR) is 62.5 cm³/mol. The first-order chi connectivity index (χ1) is 7.74. The molecule has 88 valence electrons. The monoisotopic (exact) mass is 241 g/mol. The van der Waals surface area contributed by atoms with Gasteiger partial charge in [-0.15, -0.1) is 11.3 Å². The largest absolute Gasteiger partial charge is 0.379 e. The van der Waals surface area contributed by atoms with Crippen LogP contribution in [0.5, 0.6) is 0 Å². The van der Waals surface area contributed by atoms with E-state index < -0.39 is 0 Å². The maximum Gasteiger partial charge on any atom is 0.223 e. The number of anilines is 1. The number of nitrogens with one attached hydrogen (secondary N) is 1. The molecule has 0 radical (unpaired) electrons. The summed E-state index contributed by atoms with van der Waals surface area (Å²) in [4.78, 5) is 18.5. The zero-order chi connectivity index (χ0) is 11.4. The summed E-state index contributed by atoms with van der Waals surface area (Å²) in [6, 6.07) is 0. The van der Waals surface area contributed by atoms with Crippen LogP contribution in [0.15, 0.2) is 6.20 Å². The van der Waals surface area contributed by atoms with Crippen LogP contribution < -0.4 is 5.32 Å². The van der Waals surface area contributed by atoms with Crippen LogP contribution in [0.25, 0.3) is 0 Å². The summed E-state index contributed by atoms with van der Waals surface area (Å²) < 4.78 is 5.28. The van der Waals surface area contributed by atoms with E-state index >= 15 is 0 Å². The van der Waals surface area contributed by atoms with Crippen LogP contribution >= 0.6 is 11.3 Å². The Bertz CT molecular complexity index is 361. The quantitative estimate of drug-likeness (QED) is 0.855. The fourth-order valence-corrected chi connectivity index (χ4v) is 2.47. The number of morpholine rings is 1. The molecule has 0 aromatic carbocycles. The number of carbonyl (C=O) groups is 1. The second-order valence-corrected chi connectivity index (χ2v) is 4.82. The van der Waals surface area contributed by atoms with Crippen molar-refractivity contribution in [2.24, 2.45) is 0 Å². The van der Waals surface area contributed by atoms with Gasteiger partial charge in [-0.2, -0.15) is 0 Å². The lowest BCUT2D eigenvalue weighted by molar-refractivity contribution is -0.114. The number of hydrogen-bond donors (Lipinski definition) is 1. The summed E-state index contributed by atoms with van der Waals surface area (Å²) in [5.41, 5.74) is 0. The molecule has 0 unspecified atom stereocenters. The van der Waals surface area contributed by atoms with Crippen molar-refractivity contribution < 1.29 is 9.53 Å². The molecule has 0 atom stereocenters. The molecule has 1 fully saturated rings. The standard InChI is InChI=1S/C10H15N3O2S/c1-8(14)12-10-11-6-9(16-10)7-13-2-4-15-5-3-13/h6H,2-5,7H2,1H3,(H,11,12,14). The molecule has 0 saturated carbocycles. The number of rotatable bonds is 3. The summed E-state index contributed by atoms with van der Waals surface area (Å²) in [6.45, 7) is 5.92. The Balaban J connectivity index is 1.88. The fourth-order valence-electron chi connectivity index (χ4n) is 1.57. The van der Waals surface area contributed by atoms with E-state index in [0.717, 1.165) is 32.8 Å². The minimum Gasteiger partial charge on any atom is -0.379 e. The first-order valence-corrected chi connectivity index (χ1v) is 6.08. The molecule has 0 aliphatic carbocycles. The van der Waals surface area contributed by atoms with Crippen LogP contribution in [0.3, 0.4) is 0 Å². The van der Waals surface area contributed by atoms with Crippen LogP contribution in [-0.2, 0) is 16.1 Å². The molecule has 2 rings (SSSR count). The number of aromatic nitrogens is 1. The molecular formula is C10H15N3O2S. The Labute approximate surface area is 98.4 Å². The first-order valence-electron chi connectivity index (χ1n) is 5.26. The van der Waals surface area contributed by atoms with E-state index in [0.29, 0.717) is 5.13 Å². The van der Waals surface area contributed by atoms with E-state index in [1.165, 1.54) is 23.1 Å². The summed E-state index contributed by atoms with van der Waals surface area (Å²) in [7, 11) is 0. The molecule has 1 amide bonds. The van der Waals surface area contributed by atoms with Gasteiger partial charge in [-0.3, -0.25) is 9.69 Å². The van der Waals surface area contributed by atoms with Crippen LogP contribution in [0.1, 0.15) is 11.8 Å². The summed E-state index contributed by atoms with van der Waals surface area (Å²) in [5, 5.41) is 3.36. The van der Waals surface area contributed by atoms with Crippen molar-refractivity contribution in [3.63, 3.8) is 0 Å². The molecule has 1 aliphatic rings. The van der Waals surface area contributed by atoms with E-state index in [1.807, 2.05) is 6.20 Å². The van der Waals surface area contributed by atoms with E-state index in [1.54, 1.807) is 0 Å². The van der Waals surface area contributed by atoms with Crippen molar-refractivity contribution in [2.75, 3.05) is 31.6 Å². The van der Waals surface area contributed by atoms with Gasteiger partial charge in [0.05, 0.1) is 13.2 Å². The van der Waals surface area contributed by atoms with Gasteiger partial charge >= 0.3 is 0 Å². The molecule has 0 bridgehead atoms. The second-order valence-electron chi connectivity index (χ2n) is 3.70. The smallest absolute Gasteiger partial charge is 0.223 e. The molecule has 1 N–H and O–H groups in total. The lowest BCUT2D eigenvalue weighted by Crippen LogP contribution is -2.35. The molecule has 1 aromatic rings. The maximum atomic E-state index is 10.8. The molecule has 0 spiro atoms. The van der Waals surface area contributed by atoms with E-state index in [4.69, 9.17) is 4.74 Å². The summed E-state index contributed by atoms with van der Waals surface area (Å²) >= 11 is 1.53. The third kappa shape index (κ3) is 3.26. The number of ether oxygens (including phenoxy) is 1. The Morgan fingerprint density at radius 1 is 1.62 bits per heavy atom. The zero-order valence-corrected chi connectivity index (χ0v) is 10.0. The van der Waals surface area contributed by atoms with E-state index in [2.05, 4.69) is 15.2 Å². The third-order valence-corrected chi connectivity index (χ3v) is 3.22. The number of amides is 1. The zero-order valence-electron chi connectivity index (χ0n) is 9.23. The van der Waals surface area contributed by atoms with Gasteiger partial charge in [0, 0.05) is 37.6 Å². The average Bonchev–Trinajstić information content (AvgIpc) is 2.66. The van der Waals surface area contributed by atoms with Crippen LogP contribution in [-0.4, -0.2) is 42.1 Å². The highest BCUT2D eigenvalue weighted by Gasteiger charge is 2.12. The Morgan fingerprint density at radius 3 is 3.06 bits per heavy atom. The number of carbonyl (C=O) groups excluding carboxylic acids is 1. The maximum absolute atomic E-state index is 10.8. The van der Waals surface area contributed by atoms with E-state index in [9.17, 15) is 4.79 Å². The van der Waals surface area contributed by atoms with Crippen LogP contribution in [0.4, 0.5) is 5.13 Å². The molecule has 1 saturated heterocycles. The van der Waals surface area contributed by atoms with Crippen LogP contribution in [0, 0.1) is 0 Å². The van der Waals surface area contributed by atoms with Gasteiger partial charge in [-0.05, 0) is 0 Å². The average molecular weight is 241 g/mol. The third-order valence-electron chi connectivity index (χ3n) is 2.32. The summed E-state index contributed by atoms with van der Waals surface area (Å²) in [5.74, 6) is -0.0766. The lowest BCUT2D eigenvalue weighted by Gasteiger charge is -2.25. The molecule has 2 heterocycles. The molecule has 5 nitrogen and oxygen atoms in total. The van der Waals surface area contributed by atoms with Gasteiger partial charge < -0.3 is 10.1 Å². The van der Waals surface area contributed by atoms with Gasteiger partial charge in [-0.25, -0.2) is 4.98 Å². The molecule has 6 heteroatoms. The van der Waals surface area contributed by atoms with Crippen molar-refractivity contribution >= 4 is 22.4 Å². The van der Waals surface area contributed by atoms with E-state index in [-0.39, 0.29) is 5.91 Å². The number of thiazole rings is 1. The van der Waals surface area contributed by atoms with Crippen molar-refractivity contribution in [2.45, 2.75) is 13.5 Å². The Hall–Kier alpha value is -0.980. The highest BCUT2D eigenvalue weighted by atomic mass is 32.1. The highest BCUT2D eigenvalue weighted by molar-refractivity contribution is 7.15. The second kappa shape index (κ2) is 5.38. The van der Waals surface area contributed by atoms with Crippen molar-refractivity contribution in [3.8, 4) is 0 Å².